The lowest BCUT2D eigenvalue weighted by atomic mass is 9.81. The summed E-state index contributed by atoms with van der Waals surface area (Å²) in [6, 6.07) is 18.6. The van der Waals surface area contributed by atoms with Gasteiger partial charge in [0, 0.05) is 0 Å². The van der Waals surface area contributed by atoms with E-state index >= 15 is 0 Å². The van der Waals surface area contributed by atoms with Gasteiger partial charge in [0.05, 0.1) is 18.2 Å². The Hall–Kier alpha value is -2.15. The van der Waals surface area contributed by atoms with Gasteiger partial charge in [-0.1, -0.05) is 36.4 Å². The van der Waals surface area contributed by atoms with Crippen molar-refractivity contribution in [3.05, 3.63) is 70.8 Å². The Kier molecular flexibility index (Phi) is 4.47. The predicted molar refractivity (Wildman–Crippen MR) is 91.0 cm³/mol. The van der Waals surface area contributed by atoms with Crippen LogP contribution in [0.1, 0.15) is 35.1 Å². The van der Waals surface area contributed by atoms with Gasteiger partial charge in [0.1, 0.15) is 5.60 Å². The first kappa shape index (κ1) is 15.7. The van der Waals surface area contributed by atoms with Crippen molar-refractivity contribution in [3.8, 4) is 6.07 Å². The molecular formula is C20H22N2O. The van der Waals surface area contributed by atoms with E-state index in [1.807, 2.05) is 18.2 Å². The molecule has 0 radical (unpaired) electrons. The summed E-state index contributed by atoms with van der Waals surface area (Å²) >= 11 is 0. The molecule has 0 spiro atoms. The minimum absolute atomic E-state index is 0.388. The van der Waals surface area contributed by atoms with Crippen LogP contribution in [0.5, 0.6) is 0 Å². The lowest BCUT2D eigenvalue weighted by Gasteiger charge is -2.31. The zero-order chi connectivity index (χ0) is 16.3. The van der Waals surface area contributed by atoms with Crippen LogP contribution in [-0.4, -0.2) is 25.5 Å². The Morgan fingerprint density at radius 3 is 2.65 bits per heavy atom. The average Bonchev–Trinajstić information content (AvgIpc) is 2.94. The molecule has 0 N–H and O–H groups in total. The quantitative estimate of drug-likeness (QED) is 0.845. The summed E-state index contributed by atoms with van der Waals surface area (Å²) in [5, 5.41) is 9.12. The normalized spacial score (nSPS) is 19.6. The molecule has 0 aliphatic carbocycles. The number of nitriles is 1. The van der Waals surface area contributed by atoms with Crippen LogP contribution in [0.2, 0.25) is 0 Å². The summed E-state index contributed by atoms with van der Waals surface area (Å²) in [4.78, 5) is 2.20. The number of fused-ring (bicyclic) bond motifs is 1. The molecule has 3 rings (SSSR count). The molecule has 0 saturated heterocycles. The summed E-state index contributed by atoms with van der Waals surface area (Å²) in [6.07, 6.45) is 2.00. The Morgan fingerprint density at radius 1 is 1.17 bits per heavy atom. The largest absolute Gasteiger partial charge is 0.361 e. The second-order valence-corrected chi connectivity index (χ2v) is 6.37. The first-order valence-corrected chi connectivity index (χ1v) is 8.03. The summed E-state index contributed by atoms with van der Waals surface area (Å²) in [5.74, 6) is 0. The van der Waals surface area contributed by atoms with Gasteiger partial charge in [0.2, 0.25) is 0 Å². The van der Waals surface area contributed by atoms with Gasteiger partial charge < -0.3 is 9.64 Å². The van der Waals surface area contributed by atoms with Gasteiger partial charge in [0.15, 0.2) is 0 Å². The highest BCUT2D eigenvalue weighted by atomic mass is 16.5. The van der Waals surface area contributed by atoms with E-state index in [0.29, 0.717) is 12.2 Å². The highest BCUT2D eigenvalue weighted by Crippen LogP contribution is 2.45. The van der Waals surface area contributed by atoms with E-state index in [2.05, 4.69) is 55.4 Å². The van der Waals surface area contributed by atoms with Crippen molar-refractivity contribution < 1.29 is 4.74 Å². The second kappa shape index (κ2) is 6.54. The molecule has 0 aromatic heterocycles. The molecule has 0 bridgehead atoms. The van der Waals surface area contributed by atoms with Crippen molar-refractivity contribution in [2.45, 2.75) is 25.0 Å². The molecule has 118 valence electrons. The van der Waals surface area contributed by atoms with Crippen LogP contribution in [0.15, 0.2) is 48.5 Å². The van der Waals surface area contributed by atoms with Gasteiger partial charge in [0.25, 0.3) is 0 Å². The van der Waals surface area contributed by atoms with Crippen molar-refractivity contribution in [1.82, 2.24) is 4.90 Å². The average molecular weight is 306 g/mol. The van der Waals surface area contributed by atoms with Crippen molar-refractivity contribution in [1.29, 1.82) is 5.26 Å². The van der Waals surface area contributed by atoms with E-state index in [9.17, 15) is 0 Å². The van der Waals surface area contributed by atoms with Crippen molar-refractivity contribution in [3.63, 3.8) is 0 Å². The monoisotopic (exact) mass is 306 g/mol. The maximum absolute atomic E-state index is 9.12. The topological polar surface area (TPSA) is 36.3 Å². The fourth-order valence-electron chi connectivity index (χ4n) is 3.40. The zero-order valence-electron chi connectivity index (χ0n) is 13.7. The molecular weight excluding hydrogens is 284 g/mol. The summed E-state index contributed by atoms with van der Waals surface area (Å²) in [6.45, 7) is 1.60. The van der Waals surface area contributed by atoms with Gasteiger partial charge in [-0.25, -0.2) is 0 Å². The molecule has 3 heteroatoms. The van der Waals surface area contributed by atoms with Crippen molar-refractivity contribution in [2.24, 2.45) is 0 Å². The summed E-state index contributed by atoms with van der Waals surface area (Å²) in [7, 11) is 4.19. The third kappa shape index (κ3) is 3.01. The lowest BCUT2D eigenvalue weighted by Crippen LogP contribution is -2.28. The third-order valence-electron chi connectivity index (χ3n) is 4.52. The number of benzene rings is 2. The van der Waals surface area contributed by atoms with E-state index < -0.39 is 0 Å². The van der Waals surface area contributed by atoms with E-state index in [1.165, 1.54) is 11.1 Å². The molecule has 1 aliphatic rings. The van der Waals surface area contributed by atoms with Gasteiger partial charge in [-0.2, -0.15) is 5.26 Å². The Labute approximate surface area is 138 Å². The van der Waals surface area contributed by atoms with Gasteiger partial charge in [-0.3, -0.25) is 0 Å². The van der Waals surface area contributed by atoms with E-state index in [0.717, 1.165) is 24.9 Å². The molecule has 1 heterocycles. The van der Waals surface area contributed by atoms with Crippen molar-refractivity contribution >= 4 is 0 Å². The molecule has 1 aliphatic heterocycles. The minimum Gasteiger partial charge on any atom is -0.361 e. The summed E-state index contributed by atoms with van der Waals surface area (Å²) < 4.78 is 6.35. The maximum atomic E-state index is 9.12. The second-order valence-electron chi connectivity index (χ2n) is 6.37. The van der Waals surface area contributed by atoms with E-state index in [1.54, 1.807) is 0 Å². The van der Waals surface area contributed by atoms with Crippen LogP contribution >= 0.6 is 0 Å². The van der Waals surface area contributed by atoms with Crippen LogP contribution in [0.4, 0.5) is 0 Å². The smallest absolute Gasteiger partial charge is 0.119 e. The predicted octanol–water partition coefficient (Wildman–Crippen LogP) is 3.67. The van der Waals surface area contributed by atoms with Crippen LogP contribution < -0.4 is 0 Å². The molecule has 0 fully saturated rings. The highest BCUT2D eigenvalue weighted by molar-refractivity contribution is 5.47. The van der Waals surface area contributed by atoms with Gasteiger partial charge >= 0.3 is 0 Å². The van der Waals surface area contributed by atoms with E-state index in [-0.39, 0.29) is 5.60 Å². The zero-order valence-corrected chi connectivity index (χ0v) is 13.7. The number of rotatable bonds is 5. The van der Waals surface area contributed by atoms with Crippen LogP contribution in [0, 0.1) is 11.3 Å². The summed E-state index contributed by atoms with van der Waals surface area (Å²) in [5.41, 5.74) is 3.85. The molecule has 0 saturated carbocycles. The molecule has 2 aromatic rings. The highest BCUT2D eigenvalue weighted by Gasteiger charge is 2.41. The standard InChI is InChI=1S/C20H22N2O/c1-22(2)12-6-11-20(18-7-4-3-5-8-18)19-10-9-16(14-21)13-17(19)15-23-20/h3-5,7-10,13H,6,11-12,15H2,1-2H3/t20-/m0/s1. The van der Waals surface area contributed by atoms with Crippen LogP contribution in [0.3, 0.4) is 0 Å². The molecule has 0 unspecified atom stereocenters. The molecule has 2 aromatic carbocycles. The lowest BCUT2D eigenvalue weighted by molar-refractivity contribution is -0.0139. The number of hydrogen-bond donors (Lipinski definition) is 0. The van der Waals surface area contributed by atoms with Gasteiger partial charge in [-0.05, 0) is 62.3 Å². The Bertz CT molecular complexity index is 718. The number of nitrogens with zero attached hydrogens (tertiary/aromatic N) is 2. The molecule has 1 atom stereocenters. The molecule has 3 nitrogen and oxygen atoms in total. The van der Waals surface area contributed by atoms with E-state index in [4.69, 9.17) is 10.00 Å². The molecule has 23 heavy (non-hydrogen) atoms. The third-order valence-corrected chi connectivity index (χ3v) is 4.52. The van der Waals surface area contributed by atoms with Gasteiger partial charge in [-0.15, -0.1) is 0 Å². The Balaban J connectivity index is 2.01. The first-order valence-electron chi connectivity index (χ1n) is 8.03. The fraction of sp³-hybridized carbons (Fsp3) is 0.350. The fourth-order valence-corrected chi connectivity index (χ4v) is 3.40. The maximum Gasteiger partial charge on any atom is 0.119 e. The number of ether oxygens (including phenoxy) is 1. The number of hydrogen-bond acceptors (Lipinski definition) is 3. The SMILES string of the molecule is CN(C)CCC[C@@]1(c2ccccc2)OCc2cc(C#N)ccc21. The Morgan fingerprint density at radius 2 is 1.96 bits per heavy atom. The van der Waals surface area contributed by atoms with Crippen LogP contribution in [0.25, 0.3) is 0 Å². The molecule has 0 amide bonds. The van der Waals surface area contributed by atoms with Crippen LogP contribution in [-0.2, 0) is 16.9 Å². The minimum atomic E-state index is -0.388. The first-order chi connectivity index (χ1) is 11.2. The van der Waals surface area contributed by atoms with Crippen molar-refractivity contribution in [2.75, 3.05) is 20.6 Å².